The standard InChI is InChI=1S/C17H31N5/c1-14-13-15(17(2,3)4)20-16(19-14)22-11-9-21(10-12-22)8-6-5-7-18/h13H,5-12,18H2,1-4H3. The summed E-state index contributed by atoms with van der Waals surface area (Å²) in [4.78, 5) is 14.3. The molecule has 1 saturated heterocycles. The lowest BCUT2D eigenvalue weighted by Gasteiger charge is -2.35. The van der Waals surface area contributed by atoms with Crippen molar-refractivity contribution < 1.29 is 0 Å². The van der Waals surface area contributed by atoms with Gasteiger partial charge in [-0.25, -0.2) is 9.97 Å². The molecule has 1 aromatic rings. The molecular formula is C17H31N5. The molecule has 0 radical (unpaired) electrons. The van der Waals surface area contributed by atoms with Gasteiger partial charge in [0.2, 0.25) is 5.95 Å². The van der Waals surface area contributed by atoms with Crippen LogP contribution in [-0.4, -0.2) is 54.1 Å². The predicted octanol–water partition coefficient (Wildman–Crippen LogP) is 1.94. The Balaban J connectivity index is 1.98. The molecule has 1 aliphatic rings. The highest BCUT2D eigenvalue weighted by molar-refractivity contribution is 5.34. The zero-order valence-electron chi connectivity index (χ0n) is 14.6. The maximum Gasteiger partial charge on any atom is 0.225 e. The third-order valence-corrected chi connectivity index (χ3v) is 4.19. The molecule has 1 aromatic heterocycles. The van der Waals surface area contributed by atoms with Gasteiger partial charge in [0.05, 0.1) is 5.69 Å². The van der Waals surface area contributed by atoms with Gasteiger partial charge in [0.25, 0.3) is 0 Å². The lowest BCUT2D eigenvalue weighted by Crippen LogP contribution is -2.47. The van der Waals surface area contributed by atoms with E-state index in [2.05, 4.69) is 48.5 Å². The van der Waals surface area contributed by atoms with E-state index < -0.39 is 0 Å². The average molecular weight is 305 g/mol. The maximum absolute atomic E-state index is 5.56. The van der Waals surface area contributed by atoms with Crippen LogP contribution in [0.4, 0.5) is 5.95 Å². The number of nitrogens with zero attached hydrogens (tertiary/aromatic N) is 4. The summed E-state index contributed by atoms with van der Waals surface area (Å²) in [5, 5.41) is 0. The molecule has 5 nitrogen and oxygen atoms in total. The van der Waals surface area contributed by atoms with Gasteiger partial charge < -0.3 is 10.6 Å². The molecule has 0 spiro atoms. The Labute approximate surface area is 134 Å². The quantitative estimate of drug-likeness (QED) is 0.843. The van der Waals surface area contributed by atoms with E-state index in [4.69, 9.17) is 10.7 Å². The molecule has 5 heteroatoms. The molecule has 2 N–H and O–H groups in total. The SMILES string of the molecule is Cc1cc(C(C)(C)C)nc(N2CCN(CCCCN)CC2)n1. The fraction of sp³-hybridized carbons (Fsp3) is 0.765. The summed E-state index contributed by atoms with van der Waals surface area (Å²) in [7, 11) is 0. The van der Waals surface area contributed by atoms with Crippen molar-refractivity contribution in [1.82, 2.24) is 14.9 Å². The average Bonchev–Trinajstić information content (AvgIpc) is 2.47. The van der Waals surface area contributed by atoms with Crippen molar-refractivity contribution in [1.29, 1.82) is 0 Å². The van der Waals surface area contributed by atoms with Gasteiger partial charge >= 0.3 is 0 Å². The van der Waals surface area contributed by atoms with Gasteiger partial charge in [-0.05, 0) is 38.9 Å². The molecule has 2 heterocycles. The first kappa shape index (κ1) is 17.2. The monoisotopic (exact) mass is 305 g/mol. The maximum atomic E-state index is 5.56. The second kappa shape index (κ2) is 7.38. The number of nitrogens with two attached hydrogens (primary N) is 1. The molecule has 0 amide bonds. The van der Waals surface area contributed by atoms with Crippen LogP contribution in [0.15, 0.2) is 6.07 Å². The van der Waals surface area contributed by atoms with E-state index in [0.717, 1.165) is 63.0 Å². The molecule has 124 valence electrons. The van der Waals surface area contributed by atoms with Gasteiger partial charge in [-0.1, -0.05) is 20.8 Å². The molecule has 1 fully saturated rings. The fourth-order valence-electron chi connectivity index (χ4n) is 2.73. The van der Waals surface area contributed by atoms with Crippen LogP contribution in [-0.2, 0) is 5.41 Å². The minimum absolute atomic E-state index is 0.0620. The Morgan fingerprint density at radius 2 is 1.77 bits per heavy atom. The van der Waals surface area contributed by atoms with Crippen molar-refractivity contribution in [3.05, 3.63) is 17.5 Å². The summed E-state index contributed by atoms with van der Waals surface area (Å²) in [5.74, 6) is 0.895. The molecule has 22 heavy (non-hydrogen) atoms. The lowest BCUT2D eigenvalue weighted by molar-refractivity contribution is 0.252. The number of rotatable bonds is 5. The smallest absolute Gasteiger partial charge is 0.225 e. The Bertz CT molecular complexity index is 472. The van der Waals surface area contributed by atoms with Crippen LogP contribution in [0, 0.1) is 6.92 Å². The molecule has 1 aliphatic heterocycles. The van der Waals surface area contributed by atoms with E-state index >= 15 is 0 Å². The van der Waals surface area contributed by atoms with Crippen molar-refractivity contribution in [3.63, 3.8) is 0 Å². The van der Waals surface area contributed by atoms with E-state index in [9.17, 15) is 0 Å². The van der Waals surface area contributed by atoms with Crippen molar-refractivity contribution in [2.75, 3.05) is 44.2 Å². The van der Waals surface area contributed by atoms with Crippen LogP contribution in [0.3, 0.4) is 0 Å². The molecular weight excluding hydrogens is 274 g/mol. The van der Waals surface area contributed by atoms with Gasteiger partial charge in [0.1, 0.15) is 0 Å². The minimum Gasteiger partial charge on any atom is -0.338 e. The van der Waals surface area contributed by atoms with Crippen LogP contribution in [0.5, 0.6) is 0 Å². The summed E-state index contributed by atoms with van der Waals surface area (Å²) < 4.78 is 0. The lowest BCUT2D eigenvalue weighted by atomic mass is 9.91. The molecule has 2 rings (SSSR count). The van der Waals surface area contributed by atoms with Crippen molar-refractivity contribution >= 4 is 5.95 Å². The predicted molar refractivity (Wildman–Crippen MR) is 92.4 cm³/mol. The second-order valence-electron chi connectivity index (χ2n) is 7.27. The van der Waals surface area contributed by atoms with E-state index in [1.165, 1.54) is 6.42 Å². The van der Waals surface area contributed by atoms with E-state index in [0.29, 0.717) is 0 Å². The number of aromatic nitrogens is 2. The Kier molecular flexibility index (Phi) is 5.75. The van der Waals surface area contributed by atoms with E-state index in [-0.39, 0.29) is 5.41 Å². The van der Waals surface area contributed by atoms with Gasteiger partial charge in [0, 0.05) is 37.3 Å². The third kappa shape index (κ3) is 4.65. The summed E-state index contributed by atoms with van der Waals surface area (Å²) in [6.07, 6.45) is 2.32. The largest absolute Gasteiger partial charge is 0.338 e. The molecule has 0 aliphatic carbocycles. The minimum atomic E-state index is 0.0620. The highest BCUT2D eigenvalue weighted by atomic mass is 15.3. The molecule has 0 unspecified atom stereocenters. The third-order valence-electron chi connectivity index (χ3n) is 4.19. The normalized spacial score (nSPS) is 17.0. The number of piperazine rings is 1. The van der Waals surface area contributed by atoms with Crippen LogP contribution in [0.25, 0.3) is 0 Å². The number of hydrogen-bond donors (Lipinski definition) is 1. The molecule has 0 bridgehead atoms. The van der Waals surface area contributed by atoms with E-state index in [1.807, 2.05) is 0 Å². The fourth-order valence-corrected chi connectivity index (χ4v) is 2.73. The highest BCUT2D eigenvalue weighted by Gasteiger charge is 2.22. The van der Waals surface area contributed by atoms with Gasteiger partial charge in [0.15, 0.2) is 0 Å². The van der Waals surface area contributed by atoms with Gasteiger partial charge in [-0.2, -0.15) is 0 Å². The van der Waals surface area contributed by atoms with Crippen LogP contribution in [0.1, 0.15) is 45.0 Å². The van der Waals surface area contributed by atoms with E-state index in [1.54, 1.807) is 0 Å². The van der Waals surface area contributed by atoms with Gasteiger partial charge in [-0.3, -0.25) is 4.90 Å². The van der Waals surface area contributed by atoms with Crippen molar-refractivity contribution in [3.8, 4) is 0 Å². The zero-order chi connectivity index (χ0) is 16.2. The summed E-state index contributed by atoms with van der Waals surface area (Å²) in [5.41, 5.74) is 7.81. The molecule has 0 aromatic carbocycles. The molecule has 0 saturated carbocycles. The van der Waals surface area contributed by atoms with Crippen molar-refractivity contribution in [2.45, 2.75) is 46.0 Å². The Morgan fingerprint density at radius 3 is 2.36 bits per heavy atom. The number of hydrogen-bond acceptors (Lipinski definition) is 5. The highest BCUT2D eigenvalue weighted by Crippen LogP contribution is 2.23. The van der Waals surface area contributed by atoms with Crippen LogP contribution < -0.4 is 10.6 Å². The first-order valence-corrected chi connectivity index (χ1v) is 8.43. The summed E-state index contributed by atoms with van der Waals surface area (Å²) >= 11 is 0. The number of anilines is 1. The van der Waals surface area contributed by atoms with Crippen LogP contribution >= 0.6 is 0 Å². The Morgan fingerprint density at radius 1 is 1.09 bits per heavy atom. The first-order valence-electron chi connectivity index (χ1n) is 8.43. The Hall–Kier alpha value is -1.20. The zero-order valence-corrected chi connectivity index (χ0v) is 14.6. The van der Waals surface area contributed by atoms with Gasteiger partial charge in [-0.15, -0.1) is 0 Å². The summed E-state index contributed by atoms with van der Waals surface area (Å²) in [6, 6.07) is 2.10. The number of unbranched alkanes of at least 4 members (excludes halogenated alkanes) is 1. The number of aryl methyl sites for hydroxylation is 1. The summed E-state index contributed by atoms with van der Waals surface area (Å²) in [6.45, 7) is 14.8. The topological polar surface area (TPSA) is 58.3 Å². The van der Waals surface area contributed by atoms with Crippen molar-refractivity contribution in [2.24, 2.45) is 5.73 Å². The second-order valence-corrected chi connectivity index (χ2v) is 7.27. The first-order chi connectivity index (χ1) is 10.4. The molecule has 0 atom stereocenters. The van der Waals surface area contributed by atoms with Crippen LogP contribution in [0.2, 0.25) is 0 Å².